The molecule has 0 N–H and O–H groups in total. The minimum absolute atomic E-state index is 0.159. The van der Waals surface area contributed by atoms with Crippen molar-refractivity contribution in [2.24, 2.45) is 0 Å². The summed E-state index contributed by atoms with van der Waals surface area (Å²) in [4.78, 5) is 25.6. The molecule has 4 aromatic rings. The van der Waals surface area contributed by atoms with Crippen molar-refractivity contribution in [3.8, 4) is 5.75 Å². The topological polar surface area (TPSA) is 89.5 Å². The molecule has 1 saturated heterocycles. The molecule has 0 amide bonds. The number of ether oxygens (including phenoxy) is 6. The van der Waals surface area contributed by atoms with Gasteiger partial charge in [-0.1, -0.05) is 113 Å². The van der Waals surface area contributed by atoms with Gasteiger partial charge in [0.2, 0.25) is 5.79 Å². The van der Waals surface area contributed by atoms with Gasteiger partial charge in [0.15, 0.2) is 11.9 Å². The predicted octanol–water partition coefficient (Wildman–Crippen LogP) is 7.63. The van der Waals surface area contributed by atoms with E-state index >= 15 is 0 Å². The van der Waals surface area contributed by atoms with Crippen LogP contribution in [-0.4, -0.2) is 54.3 Å². The number of benzene rings is 4. The summed E-state index contributed by atoms with van der Waals surface area (Å²) < 4.78 is 36.9. The van der Waals surface area contributed by atoms with E-state index in [2.05, 4.69) is 22.6 Å². The lowest BCUT2D eigenvalue weighted by Gasteiger charge is -2.54. The Morgan fingerprint density at radius 2 is 1.53 bits per heavy atom. The van der Waals surface area contributed by atoms with Crippen molar-refractivity contribution < 1.29 is 38.0 Å². The second kappa shape index (κ2) is 17.1. The fourth-order valence-electron chi connectivity index (χ4n) is 5.94. The highest BCUT2D eigenvalue weighted by Gasteiger charge is 2.64. The molecule has 49 heavy (non-hydrogen) atoms. The van der Waals surface area contributed by atoms with Gasteiger partial charge in [0.05, 0.1) is 23.7 Å². The number of halogens is 2. The lowest BCUT2D eigenvalue weighted by molar-refractivity contribution is -0.350. The van der Waals surface area contributed by atoms with Crippen LogP contribution >= 0.6 is 34.2 Å². The van der Waals surface area contributed by atoms with Crippen LogP contribution in [0, 0.1) is 0 Å². The largest absolute Gasteiger partial charge is 0.494 e. The molecule has 2 unspecified atom stereocenters. The third-order valence-corrected chi connectivity index (χ3v) is 10.3. The lowest BCUT2D eigenvalue weighted by Crippen LogP contribution is -2.70. The first-order valence-corrected chi connectivity index (χ1v) is 17.7. The minimum atomic E-state index is -1.81. The molecular weight excluding hydrogens is 759 g/mol. The predicted molar refractivity (Wildman–Crippen MR) is 195 cm³/mol. The molecule has 1 heterocycles. The second-order valence-electron chi connectivity index (χ2n) is 11.8. The molecule has 0 spiro atoms. The minimum Gasteiger partial charge on any atom is -0.494 e. The number of carbonyl (C=O) groups is 2. The van der Waals surface area contributed by atoms with E-state index in [-0.39, 0.29) is 13.2 Å². The Balaban J connectivity index is 1.58. The van der Waals surface area contributed by atoms with Gasteiger partial charge >= 0.3 is 5.97 Å². The SMILES string of the molecule is CCOc1ccc(Cc2cc([C@]3(OC)O[C@](C=O)(COC(C)=O)C(OCc4ccccc4)[C@H](OCc4ccccc4)C3I)ccc2Cl)cc1. The van der Waals surface area contributed by atoms with Gasteiger partial charge in [-0.2, -0.15) is 0 Å². The first-order valence-electron chi connectivity index (χ1n) is 16.0. The zero-order chi connectivity index (χ0) is 34.9. The summed E-state index contributed by atoms with van der Waals surface area (Å²) in [7, 11) is 1.52. The van der Waals surface area contributed by atoms with E-state index in [9.17, 15) is 9.59 Å². The molecule has 5 atom stereocenters. The maximum Gasteiger partial charge on any atom is 0.302 e. The third-order valence-electron chi connectivity index (χ3n) is 8.41. The van der Waals surface area contributed by atoms with Gasteiger partial charge in [-0.05, 0) is 59.9 Å². The number of hydrogen-bond donors (Lipinski definition) is 0. The maximum absolute atomic E-state index is 13.4. The van der Waals surface area contributed by atoms with Gasteiger partial charge in [-0.15, -0.1) is 0 Å². The summed E-state index contributed by atoms with van der Waals surface area (Å²) in [5.41, 5.74) is 2.48. The van der Waals surface area contributed by atoms with Crippen molar-refractivity contribution in [1.29, 1.82) is 0 Å². The van der Waals surface area contributed by atoms with E-state index in [1.807, 2.05) is 104 Å². The van der Waals surface area contributed by atoms with Crippen LogP contribution in [0.2, 0.25) is 5.02 Å². The molecule has 258 valence electrons. The molecule has 1 aliphatic rings. The monoisotopic (exact) mass is 798 g/mol. The van der Waals surface area contributed by atoms with Crippen molar-refractivity contribution in [2.45, 2.75) is 61.0 Å². The van der Waals surface area contributed by atoms with Crippen molar-refractivity contribution in [2.75, 3.05) is 20.3 Å². The van der Waals surface area contributed by atoms with Gasteiger partial charge in [0.1, 0.15) is 24.6 Å². The molecule has 10 heteroatoms. The third kappa shape index (κ3) is 8.71. The van der Waals surface area contributed by atoms with Crippen molar-refractivity contribution in [3.63, 3.8) is 0 Å². The molecule has 1 fully saturated rings. The van der Waals surface area contributed by atoms with Crippen LogP contribution in [0.1, 0.15) is 41.7 Å². The van der Waals surface area contributed by atoms with Crippen molar-refractivity contribution >= 4 is 46.4 Å². The van der Waals surface area contributed by atoms with Crippen molar-refractivity contribution in [1.82, 2.24) is 0 Å². The van der Waals surface area contributed by atoms with E-state index in [1.165, 1.54) is 14.0 Å². The number of aldehydes is 1. The average molecular weight is 799 g/mol. The summed E-state index contributed by atoms with van der Waals surface area (Å²) in [6.45, 7) is 3.77. The Morgan fingerprint density at radius 1 is 0.898 bits per heavy atom. The molecule has 8 nitrogen and oxygen atoms in total. The molecule has 0 radical (unpaired) electrons. The van der Waals surface area contributed by atoms with Gasteiger partial charge < -0.3 is 28.4 Å². The lowest BCUT2D eigenvalue weighted by atomic mass is 9.82. The highest BCUT2D eigenvalue weighted by molar-refractivity contribution is 14.1. The normalized spacial score (nSPS) is 23.5. The number of hydrogen-bond acceptors (Lipinski definition) is 8. The van der Waals surface area contributed by atoms with Gasteiger partial charge in [-0.3, -0.25) is 9.59 Å². The Hall–Kier alpha value is -3.32. The van der Waals surface area contributed by atoms with Crippen LogP contribution < -0.4 is 4.74 Å². The zero-order valence-corrected chi connectivity index (χ0v) is 30.6. The molecular formula is C39H40ClIO8. The molecule has 0 bridgehead atoms. The van der Waals surface area contributed by atoms with E-state index in [4.69, 9.17) is 40.0 Å². The smallest absolute Gasteiger partial charge is 0.302 e. The number of methoxy groups -OCH3 is 1. The standard InChI is InChI=1S/C39H40ClIO8/c1-4-45-33-18-15-28(16-19-33)21-31-22-32(17-20-34(31)40)39(44-3)36(41)35(46-23-29-11-7-5-8-12-29)37(47-24-30-13-9-6-10-14-30)38(25-42,49-39)26-48-27(2)43/h5-20,22,25,35-37H,4,21,23-24,26H2,1-3H3/t35-,36?,37?,38-,39+/m1/s1. The Bertz CT molecular complexity index is 1670. The summed E-state index contributed by atoms with van der Waals surface area (Å²) >= 11 is 9.02. The van der Waals surface area contributed by atoms with Crippen molar-refractivity contribution in [3.05, 3.63) is 136 Å². The first-order chi connectivity index (χ1) is 23.7. The summed E-state index contributed by atoms with van der Waals surface area (Å²) in [5.74, 6) is -1.33. The molecule has 1 aliphatic heterocycles. The quantitative estimate of drug-likeness (QED) is 0.0526. The molecule has 0 aliphatic carbocycles. The summed E-state index contributed by atoms with van der Waals surface area (Å²) in [6, 6.07) is 32.7. The van der Waals surface area contributed by atoms with Crippen LogP contribution in [0.4, 0.5) is 0 Å². The van der Waals surface area contributed by atoms with E-state index < -0.39 is 40.1 Å². The number of rotatable bonds is 15. The number of carbonyl (C=O) groups excluding carboxylic acids is 2. The molecule has 5 rings (SSSR count). The highest BCUT2D eigenvalue weighted by Crippen LogP contribution is 2.49. The zero-order valence-electron chi connectivity index (χ0n) is 27.7. The Morgan fingerprint density at radius 3 is 2.10 bits per heavy atom. The average Bonchev–Trinajstić information content (AvgIpc) is 3.12. The van der Waals surface area contributed by atoms with E-state index in [0.717, 1.165) is 28.0 Å². The molecule has 0 saturated carbocycles. The second-order valence-corrected chi connectivity index (χ2v) is 13.5. The van der Waals surface area contributed by atoms with Crippen LogP contribution in [0.15, 0.2) is 103 Å². The summed E-state index contributed by atoms with van der Waals surface area (Å²) in [6.07, 6.45) is -0.607. The maximum atomic E-state index is 13.4. The number of alkyl halides is 1. The van der Waals surface area contributed by atoms with Gasteiger partial charge in [-0.25, -0.2) is 0 Å². The van der Waals surface area contributed by atoms with Crippen LogP contribution in [0.25, 0.3) is 0 Å². The van der Waals surface area contributed by atoms with E-state index in [1.54, 1.807) is 6.07 Å². The molecule has 0 aromatic heterocycles. The summed E-state index contributed by atoms with van der Waals surface area (Å²) in [5, 5.41) is 0.562. The van der Waals surface area contributed by atoms with E-state index in [0.29, 0.717) is 29.9 Å². The molecule has 4 aromatic carbocycles. The Labute approximate surface area is 306 Å². The van der Waals surface area contributed by atoms with Crippen LogP contribution in [0.5, 0.6) is 5.75 Å². The van der Waals surface area contributed by atoms with Crippen LogP contribution in [-0.2, 0) is 58.7 Å². The van der Waals surface area contributed by atoms with Gasteiger partial charge in [0.25, 0.3) is 0 Å². The van der Waals surface area contributed by atoms with Crippen LogP contribution in [0.3, 0.4) is 0 Å². The fourth-order valence-corrected chi connectivity index (χ4v) is 7.45. The first kappa shape index (κ1) is 36.9. The fraction of sp³-hybridized carbons (Fsp3) is 0.333. The highest BCUT2D eigenvalue weighted by atomic mass is 127. The number of esters is 1. The Kier molecular flexibility index (Phi) is 12.9. The van der Waals surface area contributed by atoms with Gasteiger partial charge in [0, 0.05) is 24.6 Å².